The van der Waals surface area contributed by atoms with Gasteiger partial charge < -0.3 is 14.6 Å². The number of imidazole rings is 1. The largest absolute Gasteiger partial charge is 0.444 e. The second kappa shape index (κ2) is 9.72. The number of likely N-dealkylation sites (tertiary alicyclic amines) is 1. The summed E-state index contributed by atoms with van der Waals surface area (Å²) in [7, 11) is 0. The third kappa shape index (κ3) is 5.12. The maximum atomic E-state index is 13.4. The number of amides is 1. The minimum Gasteiger partial charge on any atom is -0.444 e. The highest BCUT2D eigenvalue weighted by atomic mass is 16.6. The van der Waals surface area contributed by atoms with Crippen molar-refractivity contribution >= 4 is 18.0 Å². The lowest BCUT2D eigenvalue weighted by molar-refractivity contribution is -0.125. The zero-order valence-corrected chi connectivity index (χ0v) is 19.9. The van der Waals surface area contributed by atoms with Gasteiger partial charge in [0, 0.05) is 24.1 Å². The van der Waals surface area contributed by atoms with Crippen molar-refractivity contribution in [3.05, 3.63) is 47.9 Å². The number of hydrogen-bond acceptors (Lipinski definition) is 4. The van der Waals surface area contributed by atoms with E-state index in [1.807, 2.05) is 65.0 Å². The first-order valence-corrected chi connectivity index (χ1v) is 11.6. The minimum atomic E-state index is -0.507. The van der Waals surface area contributed by atoms with E-state index in [-0.39, 0.29) is 17.3 Å². The molecule has 0 unspecified atom stereocenters. The second-order valence-electron chi connectivity index (χ2n) is 9.30. The van der Waals surface area contributed by atoms with Crippen LogP contribution in [0.25, 0.3) is 17.3 Å². The molecule has 1 aromatic carbocycles. The first-order valence-electron chi connectivity index (χ1n) is 11.6. The molecule has 0 bridgehead atoms. The molecular formula is C26H35N3O3. The number of aromatic nitrogens is 2. The Hall–Kier alpha value is -2.89. The third-order valence-corrected chi connectivity index (χ3v) is 6.10. The number of carbonyl (C=O) groups excluding carboxylic acids is 2. The number of hydrogen-bond donors (Lipinski definition) is 1. The predicted octanol–water partition coefficient (Wildman–Crippen LogP) is 5.87. The average Bonchev–Trinajstić information content (AvgIpc) is 3.40. The molecule has 6 heteroatoms. The summed E-state index contributed by atoms with van der Waals surface area (Å²) in [4.78, 5) is 34.7. The van der Waals surface area contributed by atoms with Gasteiger partial charge in [-0.05, 0) is 63.7 Å². The van der Waals surface area contributed by atoms with Crippen molar-refractivity contribution in [2.75, 3.05) is 13.1 Å². The maximum absolute atomic E-state index is 13.4. The molecule has 1 N–H and O–H groups in total. The van der Waals surface area contributed by atoms with Gasteiger partial charge in [0.15, 0.2) is 5.78 Å². The molecule has 172 valence electrons. The molecule has 32 heavy (non-hydrogen) atoms. The van der Waals surface area contributed by atoms with E-state index in [0.29, 0.717) is 25.9 Å². The van der Waals surface area contributed by atoms with Crippen LogP contribution in [0.1, 0.15) is 65.9 Å². The van der Waals surface area contributed by atoms with Gasteiger partial charge >= 0.3 is 6.09 Å². The number of piperidine rings is 1. The number of nitrogens with one attached hydrogen (secondary N) is 1. The average molecular weight is 438 g/mol. The molecule has 0 atom stereocenters. The van der Waals surface area contributed by atoms with Crippen molar-refractivity contribution in [3.63, 3.8) is 0 Å². The Morgan fingerprint density at radius 3 is 2.47 bits per heavy atom. The summed E-state index contributed by atoms with van der Waals surface area (Å²) in [5, 5.41) is 0. The molecule has 0 radical (unpaired) electrons. The summed E-state index contributed by atoms with van der Waals surface area (Å²) in [6.07, 6.45) is 8.24. The molecule has 1 aliphatic heterocycles. The molecule has 4 rings (SSSR count). The number of aromatic amines is 1. The fourth-order valence-corrected chi connectivity index (χ4v) is 4.46. The number of ether oxygens (including phenoxy) is 1. The quantitative estimate of drug-likeness (QED) is 0.597. The Morgan fingerprint density at radius 2 is 1.84 bits per heavy atom. The summed E-state index contributed by atoms with van der Waals surface area (Å²) in [6.45, 7) is 10.7. The zero-order chi connectivity index (χ0) is 23.4. The summed E-state index contributed by atoms with van der Waals surface area (Å²) in [5.74, 6) is 0.241. The van der Waals surface area contributed by atoms with Crippen molar-refractivity contribution in [3.8, 4) is 11.3 Å². The standard InChI is InChI=1S/C24H29N3O3.C2H6/c1-23(2,3)30-22(29)27-12-10-24(11-13-27)9-8-18(21(24)28)14-17-6-4-5-7-19(17)20-15-25-16-26-20;1-2/h4-7,14-16H,8-13H2,1-3H3,(H,25,26);1-2H3/b18-14+;. The molecule has 1 aromatic heterocycles. The number of Topliss-reactive ketones (excluding diaryl/α,β-unsaturated/α-hetero) is 1. The Bertz CT molecular complexity index is 962. The first kappa shape index (κ1) is 23.8. The minimum absolute atomic E-state index is 0.241. The smallest absolute Gasteiger partial charge is 0.410 e. The third-order valence-electron chi connectivity index (χ3n) is 6.10. The van der Waals surface area contributed by atoms with E-state index in [4.69, 9.17) is 4.74 Å². The fourth-order valence-electron chi connectivity index (χ4n) is 4.46. The number of nitrogens with zero attached hydrogens (tertiary/aromatic N) is 2. The van der Waals surface area contributed by atoms with Crippen molar-refractivity contribution in [2.45, 2.75) is 65.9 Å². The number of benzene rings is 1. The van der Waals surface area contributed by atoms with Gasteiger partial charge in [0.25, 0.3) is 0 Å². The lowest BCUT2D eigenvalue weighted by Crippen LogP contribution is -2.46. The summed E-state index contributed by atoms with van der Waals surface area (Å²) in [5.41, 5.74) is 3.03. The van der Waals surface area contributed by atoms with E-state index < -0.39 is 5.60 Å². The van der Waals surface area contributed by atoms with Crippen LogP contribution in [-0.4, -0.2) is 45.4 Å². The first-order chi connectivity index (χ1) is 15.3. The van der Waals surface area contributed by atoms with Crippen molar-refractivity contribution in [2.24, 2.45) is 5.41 Å². The molecular weight excluding hydrogens is 402 g/mol. The second-order valence-corrected chi connectivity index (χ2v) is 9.30. The van der Waals surface area contributed by atoms with Crippen LogP contribution in [0.5, 0.6) is 0 Å². The van der Waals surface area contributed by atoms with Crippen LogP contribution in [0.3, 0.4) is 0 Å². The van der Waals surface area contributed by atoms with Crippen molar-refractivity contribution < 1.29 is 14.3 Å². The highest BCUT2D eigenvalue weighted by molar-refractivity contribution is 6.06. The SMILES string of the molecule is CC.CC(C)(C)OC(=O)N1CCC2(CC/C(=C\c3ccccc3-c3cnc[nH]3)C2=O)CC1. The van der Waals surface area contributed by atoms with Crippen LogP contribution in [0, 0.1) is 5.41 Å². The molecule has 1 saturated carbocycles. The number of rotatable bonds is 2. The van der Waals surface area contributed by atoms with Gasteiger partial charge in [0.05, 0.1) is 18.2 Å². The Labute approximate surface area is 191 Å². The number of H-pyrrole nitrogens is 1. The number of carbonyl (C=O) groups is 2. The van der Waals surface area contributed by atoms with E-state index in [1.54, 1.807) is 17.4 Å². The molecule has 1 aliphatic carbocycles. The van der Waals surface area contributed by atoms with Crippen molar-refractivity contribution in [1.29, 1.82) is 0 Å². The van der Waals surface area contributed by atoms with E-state index in [2.05, 4.69) is 9.97 Å². The van der Waals surface area contributed by atoms with Gasteiger partial charge in [0.1, 0.15) is 5.60 Å². The van der Waals surface area contributed by atoms with Gasteiger partial charge in [-0.2, -0.15) is 0 Å². The molecule has 2 heterocycles. The van der Waals surface area contributed by atoms with Crippen LogP contribution in [0.15, 0.2) is 42.4 Å². The van der Waals surface area contributed by atoms with Crippen LogP contribution in [0.2, 0.25) is 0 Å². The normalized spacial score (nSPS) is 19.1. The van der Waals surface area contributed by atoms with Gasteiger partial charge in [-0.1, -0.05) is 38.1 Å². The van der Waals surface area contributed by atoms with Gasteiger partial charge in [-0.3, -0.25) is 4.79 Å². The van der Waals surface area contributed by atoms with Crippen LogP contribution >= 0.6 is 0 Å². The summed E-state index contributed by atoms with van der Waals surface area (Å²) in [6, 6.07) is 8.05. The monoisotopic (exact) mass is 437 g/mol. The number of ketones is 1. The molecule has 1 spiro atoms. The van der Waals surface area contributed by atoms with Gasteiger partial charge in [-0.25, -0.2) is 9.78 Å². The Kier molecular flexibility index (Phi) is 7.22. The maximum Gasteiger partial charge on any atom is 0.410 e. The molecule has 1 saturated heterocycles. The highest BCUT2D eigenvalue weighted by Gasteiger charge is 2.47. The zero-order valence-electron chi connectivity index (χ0n) is 19.9. The molecule has 1 amide bonds. The number of allylic oxidation sites excluding steroid dienone is 1. The summed E-state index contributed by atoms with van der Waals surface area (Å²) < 4.78 is 5.49. The van der Waals surface area contributed by atoms with Crippen LogP contribution < -0.4 is 0 Å². The topological polar surface area (TPSA) is 75.3 Å². The van der Waals surface area contributed by atoms with Crippen LogP contribution in [0.4, 0.5) is 4.79 Å². The predicted molar refractivity (Wildman–Crippen MR) is 127 cm³/mol. The molecule has 2 aliphatic rings. The van der Waals surface area contributed by atoms with E-state index in [9.17, 15) is 9.59 Å². The van der Waals surface area contributed by atoms with Crippen LogP contribution in [-0.2, 0) is 9.53 Å². The Balaban J connectivity index is 0.00000141. The summed E-state index contributed by atoms with van der Waals surface area (Å²) >= 11 is 0. The Morgan fingerprint density at radius 1 is 1.16 bits per heavy atom. The molecule has 2 fully saturated rings. The van der Waals surface area contributed by atoms with Gasteiger partial charge in [0.2, 0.25) is 0 Å². The fraction of sp³-hybridized carbons (Fsp3) is 0.500. The highest BCUT2D eigenvalue weighted by Crippen LogP contribution is 2.46. The van der Waals surface area contributed by atoms with E-state index in [0.717, 1.165) is 35.2 Å². The van der Waals surface area contributed by atoms with E-state index >= 15 is 0 Å². The molecule has 2 aromatic rings. The lowest BCUT2D eigenvalue weighted by atomic mass is 9.76. The lowest BCUT2D eigenvalue weighted by Gasteiger charge is -2.38. The van der Waals surface area contributed by atoms with E-state index in [1.165, 1.54) is 0 Å². The van der Waals surface area contributed by atoms with Crippen molar-refractivity contribution in [1.82, 2.24) is 14.9 Å². The van der Waals surface area contributed by atoms with Gasteiger partial charge in [-0.15, -0.1) is 0 Å². The molecule has 6 nitrogen and oxygen atoms in total.